The van der Waals surface area contributed by atoms with Crippen molar-refractivity contribution in [3.05, 3.63) is 82.0 Å². The molecule has 2 aromatic rings. The van der Waals surface area contributed by atoms with Crippen LogP contribution in [0.5, 0.6) is 5.75 Å². The Kier molecular flexibility index (Phi) is 7.31. The second kappa shape index (κ2) is 10.3. The van der Waals surface area contributed by atoms with Crippen LogP contribution in [0.15, 0.2) is 75.8 Å². The van der Waals surface area contributed by atoms with Crippen molar-refractivity contribution in [3.63, 3.8) is 0 Å². The molecule has 0 fully saturated rings. The highest BCUT2D eigenvalue weighted by molar-refractivity contribution is 8.18. The number of carbonyl (C=O) groups excluding carboxylic acids is 2. The molecular formula is C24H19NO5S. The summed E-state index contributed by atoms with van der Waals surface area (Å²) in [5, 5.41) is 10.8. The largest absolute Gasteiger partial charge is 0.506 e. The SMILES string of the molecule is C#CCOc1ccc(C=C2SC(=NC(=O)c3ccccc3)C(C(=O)OCC)=C2O)cc1. The fraction of sp³-hybridized carbons (Fsp3) is 0.125. The lowest BCUT2D eigenvalue weighted by Gasteiger charge is -2.03. The number of rotatable bonds is 6. The number of hydrogen-bond donors (Lipinski definition) is 1. The van der Waals surface area contributed by atoms with Gasteiger partial charge in [0.15, 0.2) is 0 Å². The second-order valence-corrected chi connectivity index (χ2v) is 7.24. The van der Waals surface area contributed by atoms with Gasteiger partial charge in [-0.25, -0.2) is 9.79 Å². The van der Waals surface area contributed by atoms with Crippen LogP contribution in [0.4, 0.5) is 0 Å². The molecular weight excluding hydrogens is 414 g/mol. The lowest BCUT2D eigenvalue weighted by molar-refractivity contribution is -0.138. The molecule has 6 nitrogen and oxygen atoms in total. The molecule has 31 heavy (non-hydrogen) atoms. The highest BCUT2D eigenvalue weighted by atomic mass is 32.2. The van der Waals surface area contributed by atoms with Crippen LogP contribution >= 0.6 is 11.8 Å². The Balaban J connectivity index is 1.93. The Morgan fingerprint density at radius 1 is 1.16 bits per heavy atom. The predicted molar refractivity (Wildman–Crippen MR) is 121 cm³/mol. The molecule has 1 N–H and O–H groups in total. The van der Waals surface area contributed by atoms with Gasteiger partial charge in [-0.3, -0.25) is 4.79 Å². The second-order valence-electron chi connectivity index (χ2n) is 6.20. The summed E-state index contributed by atoms with van der Waals surface area (Å²) in [6.45, 7) is 1.94. The van der Waals surface area contributed by atoms with Gasteiger partial charge in [-0.15, -0.1) is 6.42 Å². The van der Waals surface area contributed by atoms with Crippen LogP contribution in [0, 0.1) is 12.3 Å². The normalized spacial score (nSPS) is 15.7. The summed E-state index contributed by atoms with van der Waals surface area (Å²) < 4.78 is 10.4. The summed E-state index contributed by atoms with van der Waals surface area (Å²) in [6.07, 6.45) is 6.86. The smallest absolute Gasteiger partial charge is 0.344 e. The third-order valence-corrected chi connectivity index (χ3v) is 5.11. The number of hydrogen-bond acceptors (Lipinski definition) is 6. The molecule has 2 aromatic carbocycles. The molecule has 0 atom stereocenters. The molecule has 0 radical (unpaired) electrons. The highest BCUT2D eigenvalue weighted by Gasteiger charge is 2.33. The summed E-state index contributed by atoms with van der Waals surface area (Å²) >= 11 is 1.02. The molecule has 0 saturated heterocycles. The molecule has 3 rings (SSSR count). The topological polar surface area (TPSA) is 85.2 Å². The summed E-state index contributed by atoms with van der Waals surface area (Å²) in [7, 11) is 0. The number of amides is 1. The first-order valence-corrected chi connectivity index (χ1v) is 10.2. The minimum Gasteiger partial charge on any atom is -0.506 e. The first-order chi connectivity index (χ1) is 15.0. The first kappa shape index (κ1) is 21.9. The fourth-order valence-corrected chi connectivity index (χ4v) is 3.68. The zero-order valence-corrected chi connectivity index (χ0v) is 17.5. The molecule has 0 bridgehead atoms. The lowest BCUT2D eigenvalue weighted by atomic mass is 10.1. The maximum absolute atomic E-state index is 12.5. The van der Waals surface area contributed by atoms with E-state index in [9.17, 15) is 14.7 Å². The van der Waals surface area contributed by atoms with Gasteiger partial charge >= 0.3 is 5.97 Å². The Morgan fingerprint density at radius 3 is 2.52 bits per heavy atom. The molecule has 0 saturated carbocycles. The number of carbonyl (C=O) groups is 2. The predicted octanol–water partition coefficient (Wildman–Crippen LogP) is 4.40. The number of aliphatic hydroxyl groups is 1. The number of esters is 1. The summed E-state index contributed by atoms with van der Waals surface area (Å²) in [4.78, 5) is 29.4. The van der Waals surface area contributed by atoms with E-state index < -0.39 is 11.9 Å². The minimum atomic E-state index is -0.742. The molecule has 0 unspecified atom stereocenters. The maximum Gasteiger partial charge on any atom is 0.344 e. The van der Waals surface area contributed by atoms with Crippen LogP contribution in [0.3, 0.4) is 0 Å². The summed E-state index contributed by atoms with van der Waals surface area (Å²) in [5.74, 6) is 1.46. The number of nitrogens with zero attached hydrogens (tertiary/aromatic N) is 1. The van der Waals surface area contributed by atoms with Crippen molar-refractivity contribution in [2.24, 2.45) is 4.99 Å². The molecule has 1 aliphatic heterocycles. The molecule has 1 heterocycles. The number of terminal acetylenes is 1. The van der Waals surface area contributed by atoms with Gasteiger partial charge in [-0.1, -0.05) is 48.0 Å². The number of thioether (sulfide) groups is 1. The minimum absolute atomic E-state index is 0.0880. The Hall–Kier alpha value is -3.76. The van der Waals surface area contributed by atoms with Gasteiger partial charge in [0.2, 0.25) is 0 Å². The van der Waals surface area contributed by atoms with Crippen LogP contribution in [-0.4, -0.2) is 35.2 Å². The molecule has 1 amide bonds. The third-order valence-electron chi connectivity index (χ3n) is 4.09. The van der Waals surface area contributed by atoms with Gasteiger partial charge in [-0.05, 0) is 42.8 Å². The van der Waals surface area contributed by atoms with Crippen molar-refractivity contribution in [1.82, 2.24) is 0 Å². The van der Waals surface area contributed by atoms with Gasteiger partial charge in [0.05, 0.1) is 11.5 Å². The van der Waals surface area contributed by atoms with Crippen LogP contribution in [0.1, 0.15) is 22.8 Å². The average molecular weight is 433 g/mol. The van der Waals surface area contributed by atoms with E-state index in [0.717, 1.165) is 17.3 Å². The Bertz CT molecular complexity index is 1110. The molecule has 156 valence electrons. The van der Waals surface area contributed by atoms with Crippen molar-refractivity contribution in [2.45, 2.75) is 6.92 Å². The van der Waals surface area contributed by atoms with Crippen molar-refractivity contribution in [3.8, 4) is 18.1 Å². The number of aliphatic imine (C=N–C) groups is 1. The Labute approximate surface area is 184 Å². The van der Waals surface area contributed by atoms with Crippen molar-refractivity contribution < 1.29 is 24.2 Å². The number of aliphatic hydroxyl groups excluding tert-OH is 1. The molecule has 0 aliphatic carbocycles. The van der Waals surface area contributed by atoms with E-state index in [0.29, 0.717) is 16.2 Å². The van der Waals surface area contributed by atoms with Crippen LogP contribution in [0.2, 0.25) is 0 Å². The van der Waals surface area contributed by atoms with Gasteiger partial charge in [0.25, 0.3) is 5.91 Å². The monoisotopic (exact) mass is 433 g/mol. The van der Waals surface area contributed by atoms with E-state index in [-0.39, 0.29) is 29.6 Å². The van der Waals surface area contributed by atoms with E-state index in [1.54, 1.807) is 67.6 Å². The standard InChI is InChI=1S/C24H19NO5S/c1-3-14-30-18-12-10-16(11-13-18)15-19-21(26)20(24(28)29-4-2)23(31-19)25-22(27)17-8-6-5-7-9-17/h1,5-13,15,26H,4,14H2,2H3. The highest BCUT2D eigenvalue weighted by Crippen LogP contribution is 2.39. The van der Waals surface area contributed by atoms with Crippen molar-refractivity contribution in [2.75, 3.05) is 13.2 Å². The summed E-state index contributed by atoms with van der Waals surface area (Å²) in [6, 6.07) is 15.5. The zero-order valence-electron chi connectivity index (χ0n) is 16.7. The molecule has 7 heteroatoms. The lowest BCUT2D eigenvalue weighted by Crippen LogP contribution is -2.14. The van der Waals surface area contributed by atoms with E-state index in [1.807, 2.05) is 0 Å². The molecule has 0 aromatic heterocycles. The summed E-state index contributed by atoms with van der Waals surface area (Å²) in [5.41, 5.74) is 0.996. The van der Waals surface area contributed by atoms with Gasteiger partial charge in [0, 0.05) is 5.56 Å². The molecule has 1 aliphatic rings. The first-order valence-electron chi connectivity index (χ1n) is 9.38. The van der Waals surface area contributed by atoms with E-state index in [2.05, 4.69) is 10.9 Å². The van der Waals surface area contributed by atoms with E-state index in [1.165, 1.54) is 0 Å². The third kappa shape index (κ3) is 5.44. The van der Waals surface area contributed by atoms with Crippen LogP contribution in [-0.2, 0) is 9.53 Å². The number of ether oxygens (including phenoxy) is 2. The van der Waals surface area contributed by atoms with E-state index >= 15 is 0 Å². The van der Waals surface area contributed by atoms with Crippen molar-refractivity contribution in [1.29, 1.82) is 0 Å². The maximum atomic E-state index is 12.5. The van der Waals surface area contributed by atoms with E-state index in [4.69, 9.17) is 15.9 Å². The molecule has 0 spiro atoms. The van der Waals surface area contributed by atoms with Crippen LogP contribution < -0.4 is 4.74 Å². The zero-order chi connectivity index (χ0) is 22.2. The average Bonchev–Trinajstić information content (AvgIpc) is 3.08. The quantitative estimate of drug-likeness (QED) is 0.537. The van der Waals surface area contributed by atoms with Gasteiger partial charge in [-0.2, -0.15) is 0 Å². The Morgan fingerprint density at radius 2 is 1.87 bits per heavy atom. The van der Waals surface area contributed by atoms with Crippen LogP contribution in [0.25, 0.3) is 6.08 Å². The van der Waals surface area contributed by atoms with Crippen molar-refractivity contribution >= 4 is 34.8 Å². The number of benzene rings is 2. The van der Waals surface area contributed by atoms with Gasteiger partial charge in [0.1, 0.15) is 28.7 Å². The van der Waals surface area contributed by atoms with Gasteiger partial charge < -0.3 is 14.6 Å². The fourth-order valence-electron chi connectivity index (χ4n) is 2.67.